The van der Waals surface area contributed by atoms with E-state index in [1.165, 1.54) is 0 Å². The van der Waals surface area contributed by atoms with E-state index >= 15 is 0 Å². The van der Waals surface area contributed by atoms with E-state index in [1.807, 2.05) is 38.2 Å². The van der Waals surface area contributed by atoms with Crippen LogP contribution < -0.4 is 0 Å². The van der Waals surface area contributed by atoms with Crippen molar-refractivity contribution in [2.24, 2.45) is 0 Å². The van der Waals surface area contributed by atoms with Crippen LogP contribution in [-0.2, 0) is 0 Å². The predicted octanol–water partition coefficient (Wildman–Crippen LogP) is 2.59. The maximum absolute atomic E-state index is 4.11. The molecule has 2 aromatic heterocycles. The Kier molecular flexibility index (Phi) is 2.66. The van der Waals surface area contributed by atoms with Crippen LogP contribution in [0.4, 0.5) is 0 Å². The third-order valence-corrected chi connectivity index (χ3v) is 1.32. The van der Waals surface area contributed by atoms with E-state index < -0.39 is 0 Å². The van der Waals surface area contributed by atoms with E-state index in [0.717, 1.165) is 11.0 Å². The van der Waals surface area contributed by atoms with Crippen molar-refractivity contribution in [3.05, 3.63) is 30.6 Å². The highest BCUT2D eigenvalue weighted by atomic mass is 14.7. The van der Waals surface area contributed by atoms with E-state index in [4.69, 9.17) is 0 Å². The normalized spacial score (nSPS) is 8.91. The molecule has 58 valence electrons. The van der Waals surface area contributed by atoms with Crippen LogP contribution in [0.15, 0.2) is 30.6 Å². The van der Waals surface area contributed by atoms with E-state index in [1.54, 1.807) is 6.20 Å². The summed E-state index contributed by atoms with van der Waals surface area (Å²) in [6.07, 6.45) is 3.67. The van der Waals surface area contributed by atoms with Gasteiger partial charge in [-0.05, 0) is 18.2 Å². The number of fused-ring (bicyclic) bond motifs is 1. The van der Waals surface area contributed by atoms with Gasteiger partial charge in [0.25, 0.3) is 0 Å². The summed E-state index contributed by atoms with van der Waals surface area (Å²) in [5.41, 5.74) is 2.12. The lowest BCUT2D eigenvalue weighted by atomic mass is 10.4. The molecule has 2 nitrogen and oxygen atoms in total. The Bertz CT molecular complexity index is 282. The Morgan fingerprint density at radius 1 is 1.27 bits per heavy atom. The number of hydrogen-bond acceptors (Lipinski definition) is 1. The highest BCUT2D eigenvalue weighted by Crippen LogP contribution is 2.05. The summed E-state index contributed by atoms with van der Waals surface area (Å²) in [5, 5.41) is 0. The average Bonchev–Trinajstić information content (AvgIpc) is 2.55. The van der Waals surface area contributed by atoms with Crippen molar-refractivity contribution in [1.29, 1.82) is 0 Å². The van der Waals surface area contributed by atoms with E-state index in [2.05, 4.69) is 9.97 Å². The standard InChI is InChI=1S/C7H6N2.C2H6/c1-2-6-7(8-4-1)3-5-9-6;1-2/h1-5,9H;1-2H3. The quantitative estimate of drug-likeness (QED) is 0.611. The number of pyridine rings is 1. The summed E-state index contributed by atoms with van der Waals surface area (Å²) in [5.74, 6) is 0. The van der Waals surface area contributed by atoms with Gasteiger partial charge in [-0.2, -0.15) is 0 Å². The van der Waals surface area contributed by atoms with E-state index in [9.17, 15) is 0 Å². The van der Waals surface area contributed by atoms with Gasteiger partial charge in [-0.3, -0.25) is 4.98 Å². The monoisotopic (exact) mass is 148 g/mol. The lowest BCUT2D eigenvalue weighted by Crippen LogP contribution is -1.68. The van der Waals surface area contributed by atoms with Crippen LogP contribution in [0.5, 0.6) is 0 Å². The van der Waals surface area contributed by atoms with Gasteiger partial charge in [0.05, 0.1) is 11.0 Å². The Hall–Kier alpha value is -1.31. The molecular formula is C9H12N2. The molecule has 0 aliphatic rings. The molecule has 0 aliphatic carbocycles. The minimum Gasteiger partial charge on any atom is -0.360 e. The molecule has 2 aromatic rings. The molecule has 11 heavy (non-hydrogen) atoms. The van der Waals surface area contributed by atoms with Gasteiger partial charge in [-0.25, -0.2) is 0 Å². The molecule has 1 N–H and O–H groups in total. The predicted molar refractivity (Wildman–Crippen MR) is 47.4 cm³/mol. The first-order valence-electron chi connectivity index (χ1n) is 3.85. The van der Waals surface area contributed by atoms with Gasteiger partial charge in [0, 0.05) is 12.4 Å². The van der Waals surface area contributed by atoms with Gasteiger partial charge in [0.2, 0.25) is 0 Å². The van der Waals surface area contributed by atoms with Crippen LogP contribution >= 0.6 is 0 Å². The minimum absolute atomic E-state index is 1.03. The van der Waals surface area contributed by atoms with Crippen LogP contribution in [-0.4, -0.2) is 9.97 Å². The molecule has 0 amide bonds. The van der Waals surface area contributed by atoms with Crippen molar-refractivity contribution in [3.8, 4) is 0 Å². The number of nitrogens with zero attached hydrogens (tertiary/aromatic N) is 1. The van der Waals surface area contributed by atoms with Crippen molar-refractivity contribution >= 4 is 11.0 Å². The molecule has 0 radical (unpaired) electrons. The molecule has 0 atom stereocenters. The summed E-state index contributed by atoms with van der Waals surface area (Å²) in [7, 11) is 0. The molecule has 0 fully saturated rings. The van der Waals surface area contributed by atoms with Crippen molar-refractivity contribution in [2.75, 3.05) is 0 Å². The van der Waals surface area contributed by atoms with E-state index in [-0.39, 0.29) is 0 Å². The lowest BCUT2D eigenvalue weighted by molar-refractivity contribution is 1.41. The summed E-state index contributed by atoms with van der Waals surface area (Å²) >= 11 is 0. The summed E-state index contributed by atoms with van der Waals surface area (Å²) in [4.78, 5) is 7.17. The molecule has 0 aliphatic heterocycles. The molecule has 0 saturated heterocycles. The van der Waals surface area contributed by atoms with Gasteiger partial charge in [0.15, 0.2) is 0 Å². The van der Waals surface area contributed by atoms with Crippen molar-refractivity contribution in [2.45, 2.75) is 13.8 Å². The molecule has 0 bridgehead atoms. The van der Waals surface area contributed by atoms with Gasteiger partial charge in [-0.1, -0.05) is 13.8 Å². The molecule has 0 aromatic carbocycles. The van der Waals surface area contributed by atoms with Crippen LogP contribution in [0.1, 0.15) is 13.8 Å². The van der Waals surface area contributed by atoms with Gasteiger partial charge in [-0.15, -0.1) is 0 Å². The molecule has 0 unspecified atom stereocenters. The zero-order valence-electron chi connectivity index (χ0n) is 6.83. The van der Waals surface area contributed by atoms with Crippen LogP contribution in [0.3, 0.4) is 0 Å². The maximum Gasteiger partial charge on any atom is 0.0878 e. The first-order chi connectivity index (χ1) is 5.47. The molecular weight excluding hydrogens is 136 g/mol. The fourth-order valence-corrected chi connectivity index (χ4v) is 0.883. The van der Waals surface area contributed by atoms with Crippen molar-refractivity contribution < 1.29 is 0 Å². The molecule has 0 spiro atoms. The minimum atomic E-state index is 1.03. The smallest absolute Gasteiger partial charge is 0.0878 e. The molecule has 0 saturated carbocycles. The number of hydrogen-bond donors (Lipinski definition) is 1. The van der Waals surface area contributed by atoms with Gasteiger partial charge in [0.1, 0.15) is 0 Å². The van der Waals surface area contributed by atoms with Crippen LogP contribution in [0, 0.1) is 0 Å². The van der Waals surface area contributed by atoms with E-state index in [0.29, 0.717) is 0 Å². The summed E-state index contributed by atoms with van der Waals surface area (Å²) in [6, 6.07) is 5.87. The fourth-order valence-electron chi connectivity index (χ4n) is 0.883. The number of rotatable bonds is 0. The number of H-pyrrole nitrogens is 1. The van der Waals surface area contributed by atoms with Crippen molar-refractivity contribution in [3.63, 3.8) is 0 Å². The average molecular weight is 148 g/mol. The highest BCUT2D eigenvalue weighted by Gasteiger charge is 1.88. The van der Waals surface area contributed by atoms with Gasteiger partial charge >= 0.3 is 0 Å². The third-order valence-electron chi connectivity index (χ3n) is 1.32. The topological polar surface area (TPSA) is 28.7 Å². The van der Waals surface area contributed by atoms with Crippen LogP contribution in [0.2, 0.25) is 0 Å². The largest absolute Gasteiger partial charge is 0.360 e. The molecule has 2 heterocycles. The number of nitrogens with one attached hydrogen (secondary N) is 1. The Morgan fingerprint density at radius 3 is 2.82 bits per heavy atom. The first-order valence-corrected chi connectivity index (χ1v) is 3.85. The summed E-state index contributed by atoms with van der Waals surface area (Å²) in [6.45, 7) is 4.00. The van der Waals surface area contributed by atoms with Crippen LogP contribution in [0.25, 0.3) is 11.0 Å². The maximum atomic E-state index is 4.11. The van der Waals surface area contributed by atoms with Gasteiger partial charge < -0.3 is 4.98 Å². The number of aromatic amines is 1. The first kappa shape index (κ1) is 7.79. The second-order valence-electron chi connectivity index (χ2n) is 1.91. The highest BCUT2D eigenvalue weighted by molar-refractivity contribution is 5.73. The summed E-state index contributed by atoms with van der Waals surface area (Å²) < 4.78 is 0. The zero-order valence-corrected chi connectivity index (χ0v) is 6.83. The van der Waals surface area contributed by atoms with Crippen molar-refractivity contribution in [1.82, 2.24) is 9.97 Å². The second-order valence-corrected chi connectivity index (χ2v) is 1.91. The third kappa shape index (κ3) is 1.58. The number of aromatic nitrogens is 2. The second kappa shape index (κ2) is 3.76. The SMILES string of the molecule is CC.c1cnc2cc[nH]c2c1. The Morgan fingerprint density at radius 2 is 2.09 bits per heavy atom. The fraction of sp³-hybridized carbons (Fsp3) is 0.222. The Balaban J connectivity index is 0.000000281. The molecule has 2 rings (SSSR count). The zero-order chi connectivity index (χ0) is 8.10. The molecule has 2 heteroatoms. The Labute approximate surface area is 66.3 Å². The lowest BCUT2D eigenvalue weighted by Gasteiger charge is -1.82.